The number of piperidine rings is 1. The van der Waals surface area contributed by atoms with Crippen LogP contribution in [0.2, 0.25) is 0 Å². The van der Waals surface area contributed by atoms with E-state index in [2.05, 4.69) is 26.1 Å². The summed E-state index contributed by atoms with van der Waals surface area (Å²) in [6, 6.07) is 5.41. The van der Waals surface area contributed by atoms with Crippen LogP contribution in [0.3, 0.4) is 0 Å². The lowest BCUT2D eigenvalue weighted by atomic mass is 9.93. The summed E-state index contributed by atoms with van der Waals surface area (Å²) < 4.78 is 0.544. The molecule has 124 valence electrons. The Morgan fingerprint density at radius 1 is 1.41 bits per heavy atom. The highest BCUT2D eigenvalue weighted by atomic mass is 79.9. The van der Waals surface area contributed by atoms with Gasteiger partial charge in [0.2, 0.25) is 0 Å². The lowest BCUT2D eigenvalue weighted by Gasteiger charge is -2.32. The minimum absolute atomic E-state index is 0. The summed E-state index contributed by atoms with van der Waals surface area (Å²) in [6.45, 7) is 4.05. The number of nitro groups is 1. The quantitative estimate of drug-likeness (QED) is 0.593. The third-order valence-electron chi connectivity index (χ3n) is 4.12. The van der Waals surface area contributed by atoms with E-state index >= 15 is 0 Å². The number of hydrogen-bond acceptors (Lipinski definition) is 4. The lowest BCUT2D eigenvalue weighted by Crippen LogP contribution is -2.34. The van der Waals surface area contributed by atoms with Crippen molar-refractivity contribution in [2.24, 2.45) is 5.92 Å². The van der Waals surface area contributed by atoms with E-state index in [1.165, 1.54) is 19.3 Å². The number of hydrogen-bond donors (Lipinski definition) is 1. The maximum atomic E-state index is 11.0. The Bertz CT molecular complexity index is 494. The predicted molar refractivity (Wildman–Crippen MR) is 94.6 cm³/mol. The van der Waals surface area contributed by atoms with Crippen LogP contribution in [-0.2, 0) is 6.54 Å². The monoisotopic (exact) mass is 391 g/mol. The number of nitro benzene ring substituents is 1. The standard InChI is InChI=1S/C15H22BrN3O2.ClH/c1-17-7-4-12-5-8-18(9-6-12)11-13-2-3-14(16)15(10-13)19(20)21;/h2-3,10,12,17H,4-9,11H2,1H3;1H. The molecule has 7 heteroatoms. The van der Waals surface area contributed by atoms with Gasteiger partial charge in [-0.3, -0.25) is 15.0 Å². The van der Waals surface area contributed by atoms with Gasteiger partial charge in [-0.15, -0.1) is 12.4 Å². The summed E-state index contributed by atoms with van der Waals surface area (Å²) in [4.78, 5) is 13.0. The molecule has 1 N–H and O–H groups in total. The van der Waals surface area contributed by atoms with Crippen LogP contribution >= 0.6 is 28.3 Å². The number of nitrogens with zero attached hydrogens (tertiary/aromatic N) is 2. The molecular formula is C15H23BrClN3O2. The number of benzene rings is 1. The molecule has 1 saturated heterocycles. The molecule has 0 saturated carbocycles. The molecule has 0 aromatic heterocycles. The van der Waals surface area contributed by atoms with Crippen LogP contribution in [0.1, 0.15) is 24.8 Å². The average molecular weight is 393 g/mol. The van der Waals surface area contributed by atoms with Crippen molar-refractivity contribution in [3.8, 4) is 0 Å². The van der Waals surface area contributed by atoms with E-state index in [0.717, 1.165) is 37.7 Å². The molecule has 1 aromatic rings. The molecule has 1 fully saturated rings. The lowest BCUT2D eigenvalue weighted by molar-refractivity contribution is -0.385. The Hall–Kier alpha value is -0.690. The Labute approximate surface area is 146 Å². The summed E-state index contributed by atoms with van der Waals surface area (Å²) in [6.07, 6.45) is 3.69. The Balaban J connectivity index is 0.00000242. The molecule has 0 atom stereocenters. The average Bonchev–Trinajstić information content (AvgIpc) is 2.48. The van der Waals surface area contributed by atoms with E-state index in [4.69, 9.17) is 0 Å². The van der Waals surface area contributed by atoms with Crippen molar-refractivity contribution in [2.75, 3.05) is 26.7 Å². The highest BCUT2D eigenvalue weighted by Crippen LogP contribution is 2.27. The molecule has 0 aliphatic carbocycles. The van der Waals surface area contributed by atoms with Crippen LogP contribution in [0.5, 0.6) is 0 Å². The zero-order chi connectivity index (χ0) is 15.2. The molecule has 1 aliphatic rings. The van der Waals surface area contributed by atoms with E-state index < -0.39 is 0 Å². The van der Waals surface area contributed by atoms with Crippen molar-refractivity contribution in [2.45, 2.75) is 25.8 Å². The van der Waals surface area contributed by atoms with Gasteiger partial charge < -0.3 is 5.32 Å². The number of likely N-dealkylation sites (tertiary alicyclic amines) is 1. The van der Waals surface area contributed by atoms with Crippen LogP contribution in [0.15, 0.2) is 22.7 Å². The number of halogens is 2. The van der Waals surface area contributed by atoms with Gasteiger partial charge in [-0.05, 0) is 79.4 Å². The van der Waals surface area contributed by atoms with Gasteiger partial charge in [0, 0.05) is 12.6 Å². The van der Waals surface area contributed by atoms with Crippen molar-refractivity contribution >= 4 is 34.0 Å². The molecule has 0 unspecified atom stereocenters. The van der Waals surface area contributed by atoms with Crippen LogP contribution in [-0.4, -0.2) is 36.5 Å². The molecule has 0 radical (unpaired) electrons. The molecule has 1 aromatic carbocycles. The first kappa shape index (κ1) is 19.4. The van der Waals surface area contributed by atoms with Crippen molar-refractivity contribution in [1.29, 1.82) is 0 Å². The van der Waals surface area contributed by atoms with E-state index in [-0.39, 0.29) is 23.0 Å². The molecule has 0 amide bonds. The zero-order valence-corrected chi connectivity index (χ0v) is 15.2. The van der Waals surface area contributed by atoms with Crippen molar-refractivity contribution < 1.29 is 4.92 Å². The van der Waals surface area contributed by atoms with Gasteiger partial charge in [0.05, 0.1) is 9.40 Å². The van der Waals surface area contributed by atoms with E-state index in [9.17, 15) is 10.1 Å². The third-order valence-corrected chi connectivity index (χ3v) is 4.79. The topological polar surface area (TPSA) is 58.4 Å². The van der Waals surface area contributed by atoms with Gasteiger partial charge in [0.1, 0.15) is 0 Å². The fourth-order valence-corrected chi connectivity index (χ4v) is 3.23. The summed E-state index contributed by atoms with van der Waals surface area (Å²) in [5.41, 5.74) is 1.16. The van der Waals surface area contributed by atoms with Crippen molar-refractivity contribution in [1.82, 2.24) is 10.2 Å². The van der Waals surface area contributed by atoms with Gasteiger partial charge in [-0.25, -0.2) is 0 Å². The minimum Gasteiger partial charge on any atom is -0.320 e. The first-order valence-corrected chi connectivity index (χ1v) is 8.19. The van der Waals surface area contributed by atoms with Crippen LogP contribution in [0.4, 0.5) is 5.69 Å². The number of rotatable bonds is 6. The van der Waals surface area contributed by atoms with Gasteiger partial charge in [0.15, 0.2) is 0 Å². The fourth-order valence-electron chi connectivity index (χ4n) is 2.84. The molecule has 22 heavy (non-hydrogen) atoms. The Morgan fingerprint density at radius 2 is 2.09 bits per heavy atom. The summed E-state index contributed by atoms with van der Waals surface area (Å²) in [5, 5.41) is 14.2. The second kappa shape index (κ2) is 9.45. The zero-order valence-electron chi connectivity index (χ0n) is 12.8. The molecular weight excluding hydrogens is 370 g/mol. The molecule has 1 aliphatic heterocycles. The largest absolute Gasteiger partial charge is 0.320 e. The second-order valence-corrected chi connectivity index (χ2v) is 6.51. The fraction of sp³-hybridized carbons (Fsp3) is 0.600. The van der Waals surface area contributed by atoms with Crippen molar-refractivity contribution in [3.05, 3.63) is 38.3 Å². The highest BCUT2D eigenvalue weighted by Gasteiger charge is 2.20. The van der Waals surface area contributed by atoms with Crippen LogP contribution in [0.25, 0.3) is 0 Å². The van der Waals surface area contributed by atoms with E-state index in [0.29, 0.717) is 4.47 Å². The summed E-state index contributed by atoms with van der Waals surface area (Å²) in [7, 11) is 2.00. The van der Waals surface area contributed by atoms with Crippen LogP contribution in [0, 0.1) is 16.0 Å². The number of nitrogens with one attached hydrogen (secondary N) is 1. The first-order chi connectivity index (χ1) is 10.1. The SMILES string of the molecule is CNCCC1CCN(Cc2ccc(Br)c([N+](=O)[O-])c2)CC1.Cl. The predicted octanol–water partition coefficient (Wildman–Crippen LogP) is 3.60. The Morgan fingerprint density at radius 3 is 2.68 bits per heavy atom. The summed E-state index contributed by atoms with van der Waals surface area (Å²) >= 11 is 3.23. The smallest absolute Gasteiger partial charge is 0.283 e. The molecule has 0 spiro atoms. The minimum atomic E-state index is -0.336. The van der Waals surface area contributed by atoms with Crippen LogP contribution < -0.4 is 5.32 Å². The first-order valence-electron chi connectivity index (χ1n) is 7.40. The van der Waals surface area contributed by atoms with Gasteiger partial charge in [-0.1, -0.05) is 6.07 Å². The van der Waals surface area contributed by atoms with Gasteiger partial charge in [-0.2, -0.15) is 0 Å². The maximum Gasteiger partial charge on any atom is 0.283 e. The molecule has 1 heterocycles. The third kappa shape index (κ3) is 5.50. The van der Waals surface area contributed by atoms with E-state index in [1.807, 2.05) is 13.1 Å². The van der Waals surface area contributed by atoms with Gasteiger partial charge >= 0.3 is 0 Å². The normalized spacial score (nSPS) is 16.3. The van der Waals surface area contributed by atoms with Gasteiger partial charge in [0.25, 0.3) is 5.69 Å². The molecule has 2 rings (SSSR count). The van der Waals surface area contributed by atoms with Crippen molar-refractivity contribution in [3.63, 3.8) is 0 Å². The Kier molecular flexibility index (Phi) is 8.31. The summed E-state index contributed by atoms with van der Waals surface area (Å²) in [5.74, 6) is 0.813. The highest BCUT2D eigenvalue weighted by molar-refractivity contribution is 9.10. The molecule has 5 nitrogen and oxygen atoms in total. The maximum absolute atomic E-state index is 11.0. The molecule has 0 bridgehead atoms. The van der Waals surface area contributed by atoms with E-state index in [1.54, 1.807) is 12.1 Å². The second-order valence-electron chi connectivity index (χ2n) is 5.65.